The second kappa shape index (κ2) is 18.1. The summed E-state index contributed by atoms with van der Waals surface area (Å²) in [6.07, 6.45) is 14.2. The van der Waals surface area contributed by atoms with Gasteiger partial charge in [0.2, 0.25) is 11.3 Å². The average Bonchev–Trinajstić information content (AvgIpc) is 3.88. The first-order valence-corrected chi connectivity index (χ1v) is 21.2. The monoisotopic (exact) mass is 846 g/mol. The summed E-state index contributed by atoms with van der Waals surface area (Å²) in [6, 6.07) is 25.4. The molecule has 4 aromatic heterocycles. The smallest absolute Gasteiger partial charge is 0.296 e. The second-order valence-corrected chi connectivity index (χ2v) is 16.3. The van der Waals surface area contributed by atoms with Gasteiger partial charge >= 0.3 is 0 Å². The van der Waals surface area contributed by atoms with E-state index in [2.05, 4.69) is 91.1 Å². The highest BCUT2D eigenvalue weighted by Gasteiger charge is 2.25. The lowest BCUT2D eigenvalue weighted by Gasteiger charge is -2.24. The van der Waals surface area contributed by atoms with E-state index in [-0.39, 0.29) is 35.0 Å². The van der Waals surface area contributed by atoms with Crippen LogP contribution in [0.1, 0.15) is 92.7 Å². The fourth-order valence-corrected chi connectivity index (χ4v) is 8.91. The lowest BCUT2D eigenvalue weighted by Crippen LogP contribution is -2.30. The zero-order valence-corrected chi connectivity index (χ0v) is 34.4. The molecule has 58 heavy (non-hydrogen) atoms. The third-order valence-corrected chi connectivity index (χ3v) is 11.9. The van der Waals surface area contributed by atoms with Crippen LogP contribution in [0.5, 0.6) is 0 Å². The largest absolute Gasteiger partial charge is 0.381 e. The third-order valence-electron chi connectivity index (χ3n) is 11.4. The van der Waals surface area contributed by atoms with Crippen LogP contribution >= 0.6 is 15.9 Å². The molecule has 300 valence electrons. The van der Waals surface area contributed by atoms with Gasteiger partial charge in [0.15, 0.2) is 0 Å². The van der Waals surface area contributed by atoms with Gasteiger partial charge in [-0.1, -0.05) is 92.9 Å². The van der Waals surface area contributed by atoms with Crippen LogP contribution in [0.4, 0.5) is 4.39 Å². The van der Waals surface area contributed by atoms with Crippen LogP contribution in [0.15, 0.2) is 105 Å². The molecule has 1 aliphatic heterocycles. The van der Waals surface area contributed by atoms with Crippen molar-refractivity contribution < 1.29 is 9.13 Å². The number of aromatic nitrogens is 8. The summed E-state index contributed by atoms with van der Waals surface area (Å²) in [7, 11) is 0. The molecule has 0 unspecified atom stereocenters. The standard InChI is InChI=1S/C30H34N4O2.C15H14BrFN4O/c35-30-29-32-31-28(26-15-17-36-18-16-26)34(29)21-27(33(30)20-23-7-3-1-4-8-23)19-22-11-13-25(14-12-22)24-9-5-2-6-10-24;1-2-4-13-18-19-14-15(22)20(9-12(16)21(13)14)8-10-5-3-6-11(17)7-10/h2,5-6,9-14,21,23,26H,1,3-4,7-8,15-20H2;3,5-7,9H,2,4,8H2,1H3. The Labute approximate surface area is 344 Å². The van der Waals surface area contributed by atoms with Crippen LogP contribution in [0.3, 0.4) is 0 Å². The van der Waals surface area contributed by atoms with Gasteiger partial charge in [0.1, 0.15) is 22.1 Å². The number of ether oxygens (including phenoxy) is 1. The minimum absolute atomic E-state index is 0.00945. The molecule has 5 heterocycles. The summed E-state index contributed by atoms with van der Waals surface area (Å²) in [6.45, 7) is 4.56. The molecule has 0 amide bonds. The molecule has 0 N–H and O–H groups in total. The Morgan fingerprint density at radius 3 is 2.26 bits per heavy atom. The first-order valence-electron chi connectivity index (χ1n) is 20.4. The molecular formula is C45H48BrFN8O3. The molecule has 1 saturated carbocycles. The van der Waals surface area contributed by atoms with Crippen molar-refractivity contribution in [2.75, 3.05) is 13.2 Å². The molecule has 1 aliphatic carbocycles. The van der Waals surface area contributed by atoms with Crippen molar-refractivity contribution in [3.8, 4) is 11.1 Å². The van der Waals surface area contributed by atoms with E-state index in [0.717, 1.165) is 62.8 Å². The van der Waals surface area contributed by atoms with Crippen molar-refractivity contribution in [3.05, 3.63) is 151 Å². The first kappa shape index (κ1) is 39.6. The maximum absolute atomic E-state index is 13.8. The molecule has 11 nitrogen and oxygen atoms in total. The summed E-state index contributed by atoms with van der Waals surface area (Å²) in [5.74, 6) is 2.16. The molecule has 3 aromatic carbocycles. The van der Waals surface area contributed by atoms with E-state index < -0.39 is 0 Å². The fourth-order valence-electron chi connectivity index (χ4n) is 8.29. The second-order valence-electron chi connectivity index (χ2n) is 15.5. The van der Waals surface area contributed by atoms with Gasteiger partial charge in [-0.2, -0.15) is 0 Å². The number of nitrogens with zero attached hydrogens (tertiary/aromatic N) is 8. The highest BCUT2D eigenvalue weighted by molar-refractivity contribution is 9.10. The van der Waals surface area contributed by atoms with Gasteiger partial charge in [-0.15, -0.1) is 20.4 Å². The van der Waals surface area contributed by atoms with Crippen molar-refractivity contribution in [2.45, 2.75) is 90.1 Å². The zero-order chi connectivity index (χ0) is 40.0. The third kappa shape index (κ3) is 8.75. The van der Waals surface area contributed by atoms with Gasteiger partial charge in [0.25, 0.3) is 11.1 Å². The Kier molecular flexibility index (Phi) is 12.4. The zero-order valence-electron chi connectivity index (χ0n) is 32.8. The minimum atomic E-state index is -0.321. The predicted molar refractivity (Wildman–Crippen MR) is 226 cm³/mol. The topological polar surface area (TPSA) is 114 Å². The normalized spacial score (nSPS) is 15.2. The summed E-state index contributed by atoms with van der Waals surface area (Å²) >= 11 is 3.46. The molecule has 0 bridgehead atoms. The van der Waals surface area contributed by atoms with E-state index in [1.165, 1.54) is 65.5 Å². The summed E-state index contributed by atoms with van der Waals surface area (Å²) in [5, 5.41) is 17.0. The maximum Gasteiger partial charge on any atom is 0.296 e. The average molecular weight is 848 g/mol. The van der Waals surface area contributed by atoms with Crippen LogP contribution < -0.4 is 11.1 Å². The molecule has 2 fully saturated rings. The summed E-state index contributed by atoms with van der Waals surface area (Å²) in [5.41, 5.74) is 5.84. The van der Waals surface area contributed by atoms with Crippen LogP contribution in [0.2, 0.25) is 0 Å². The Morgan fingerprint density at radius 2 is 1.52 bits per heavy atom. The van der Waals surface area contributed by atoms with Crippen molar-refractivity contribution in [1.82, 2.24) is 38.3 Å². The van der Waals surface area contributed by atoms with Gasteiger partial charge < -0.3 is 13.9 Å². The Morgan fingerprint density at radius 1 is 0.776 bits per heavy atom. The molecule has 9 rings (SSSR count). The number of rotatable bonds is 10. The molecule has 0 atom stereocenters. The quantitative estimate of drug-likeness (QED) is 0.136. The molecule has 2 aliphatic rings. The lowest BCUT2D eigenvalue weighted by atomic mass is 9.89. The van der Waals surface area contributed by atoms with E-state index in [0.29, 0.717) is 28.2 Å². The van der Waals surface area contributed by atoms with Gasteiger partial charge in [0.05, 0.1) is 6.54 Å². The summed E-state index contributed by atoms with van der Waals surface area (Å²) < 4.78 is 26.7. The van der Waals surface area contributed by atoms with Gasteiger partial charge in [-0.05, 0) is 88.3 Å². The van der Waals surface area contributed by atoms with Crippen LogP contribution in [-0.4, -0.2) is 51.5 Å². The number of fused-ring (bicyclic) bond motifs is 2. The molecule has 13 heteroatoms. The molecular weight excluding hydrogens is 799 g/mol. The fraction of sp³-hybridized carbons (Fsp3) is 0.378. The van der Waals surface area contributed by atoms with E-state index in [1.54, 1.807) is 22.7 Å². The van der Waals surface area contributed by atoms with Crippen LogP contribution in [0.25, 0.3) is 22.4 Å². The van der Waals surface area contributed by atoms with E-state index in [9.17, 15) is 14.0 Å². The minimum Gasteiger partial charge on any atom is -0.381 e. The number of hydrogen-bond donors (Lipinski definition) is 0. The Balaban J connectivity index is 0.000000183. The number of halogens is 2. The number of hydrogen-bond acceptors (Lipinski definition) is 7. The van der Waals surface area contributed by atoms with Crippen molar-refractivity contribution in [1.29, 1.82) is 0 Å². The molecule has 7 aromatic rings. The molecule has 0 spiro atoms. The molecule has 0 radical (unpaired) electrons. The van der Waals surface area contributed by atoms with Crippen molar-refractivity contribution in [3.63, 3.8) is 0 Å². The SMILES string of the molecule is CCCc1nnc2c(=O)n(Cc3cccc(F)c3)cc(Br)n12.O=c1c2nnc(C3CCOCC3)n2cc(Cc2ccc(-c3ccccc3)cc2)n1CC1CCCCC1. The summed E-state index contributed by atoms with van der Waals surface area (Å²) in [4.78, 5) is 26.3. The number of aryl methyl sites for hydroxylation is 1. The number of benzene rings is 3. The highest BCUT2D eigenvalue weighted by Crippen LogP contribution is 2.28. The van der Waals surface area contributed by atoms with Crippen LogP contribution in [-0.2, 0) is 30.7 Å². The van der Waals surface area contributed by atoms with Gasteiger partial charge in [0, 0.05) is 56.6 Å². The lowest BCUT2D eigenvalue weighted by molar-refractivity contribution is 0.0834. The Bertz CT molecular complexity index is 2610. The van der Waals surface area contributed by atoms with E-state index in [4.69, 9.17) is 4.74 Å². The maximum atomic E-state index is 13.8. The van der Waals surface area contributed by atoms with E-state index >= 15 is 0 Å². The Hall–Kier alpha value is -5.27. The van der Waals surface area contributed by atoms with Gasteiger partial charge in [-0.3, -0.25) is 18.4 Å². The van der Waals surface area contributed by atoms with Crippen molar-refractivity contribution >= 4 is 27.2 Å². The van der Waals surface area contributed by atoms with E-state index in [1.807, 2.05) is 22.0 Å². The van der Waals surface area contributed by atoms with Gasteiger partial charge in [-0.25, -0.2) is 4.39 Å². The molecule has 1 saturated heterocycles. The first-order chi connectivity index (χ1) is 28.4. The predicted octanol–water partition coefficient (Wildman–Crippen LogP) is 8.42. The van der Waals surface area contributed by atoms with Crippen molar-refractivity contribution in [2.24, 2.45) is 5.92 Å². The highest BCUT2D eigenvalue weighted by atomic mass is 79.9. The van der Waals surface area contributed by atoms with Crippen LogP contribution in [0, 0.1) is 11.7 Å².